The van der Waals surface area contributed by atoms with Crippen molar-refractivity contribution in [3.63, 3.8) is 0 Å². The van der Waals surface area contributed by atoms with Gasteiger partial charge in [0.05, 0.1) is 7.11 Å². The minimum atomic E-state index is -0.344. The van der Waals surface area contributed by atoms with Gasteiger partial charge in [0.2, 0.25) is 0 Å². The van der Waals surface area contributed by atoms with Crippen molar-refractivity contribution in [1.82, 2.24) is 14.9 Å². The molecule has 0 unspecified atom stereocenters. The summed E-state index contributed by atoms with van der Waals surface area (Å²) in [7, 11) is 3.54. The van der Waals surface area contributed by atoms with E-state index in [1.165, 1.54) is 0 Å². The van der Waals surface area contributed by atoms with Crippen LogP contribution < -0.4 is 10.1 Å². The summed E-state index contributed by atoms with van der Waals surface area (Å²) < 4.78 is 7.11. The maximum atomic E-state index is 12.6. The van der Waals surface area contributed by atoms with E-state index >= 15 is 0 Å². The molecule has 1 amide bonds. The molecule has 5 heteroatoms. The summed E-state index contributed by atoms with van der Waals surface area (Å²) in [6.07, 6.45) is 3.58. The quantitative estimate of drug-likeness (QED) is 0.786. The summed E-state index contributed by atoms with van der Waals surface area (Å²) in [5.41, 5.74) is 1.56. The molecule has 0 aliphatic heterocycles. The van der Waals surface area contributed by atoms with Gasteiger partial charge in [-0.1, -0.05) is 30.3 Å². The number of carbonyl (C=O) groups excluding carboxylic acids is 1. The van der Waals surface area contributed by atoms with E-state index in [1.54, 1.807) is 25.4 Å². The van der Waals surface area contributed by atoms with Gasteiger partial charge in [-0.25, -0.2) is 4.98 Å². The molecule has 1 N–H and O–H groups in total. The van der Waals surface area contributed by atoms with Crippen LogP contribution >= 0.6 is 0 Å². The topological polar surface area (TPSA) is 56.1 Å². The number of ether oxygens (including phenoxy) is 1. The maximum absolute atomic E-state index is 12.6. The van der Waals surface area contributed by atoms with Crippen molar-refractivity contribution in [1.29, 1.82) is 0 Å². The number of nitrogens with zero attached hydrogens (tertiary/aromatic N) is 2. The van der Waals surface area contributed by atoms with Gasteiger partial charge in [-0.05, 0) is 29.8 Å². The van der Waals surface area contributed by atoms with Gasteiger partial charge in [0.25, 0.3) is 5.91 Å². The fraction of sp³-hybridized carbons (Fsp3) is 0.158. The first-order valence-electron chi connectivity index (χ1n) is 7.66. The van der Waals surface area contributed by atoms with Gasteiger partial charge >= 0.3 is 0 Å². The summed E-state index contributed by atoms with van der Waals surface area (Å²) in [5, 5.41) is 3.07. The van der Waals surface area contributed by atoms with E-state index in [0.717, 1.165) is 17.1 Å². The van der Waals surface area contributed by atoms with E-state index in [0.29, 0.717) is 5.56 Å². The van der Waals surface area contributed by atoms with Gasteiger partial charge < -0.3 is 14.6 Å². The number of hydrogen-bond acceptors (Lipinski definition) is 3. The molecule has 5 nitrogen and oxygen atoms in total. The second kappa shape index (κ2) is 7.00. The van der Waals surface area contributed by atoms with Gasteiger partial charge in [-0.2, -0.15) is 0 Å². The van der Waals surface area contributed by atoms with Crippen LogP contribution in [0.4, 0.5) is 0 Å². The zero-order valence-corrected chi connectivity index (χ0v) is 13.6. The van der Waals surface area contributed by atoms with Crippen LogP contribution in [-0.4, -0.2) is 22.6 Å². The molecule has 1 atom stereocenters. The van der Waals surface area contributed by atoms with E-state index < -0.39 is 0 Å². The number of methoxy groups -OCH3 is 1. The molecule has 0 bridgehead atoms. The Morgan fingerprint density at radius 2 is 1.83 bits per heavy atom. The monoisotopic (exact) mass is 321 g/mol. The van der Waals surface area contributed by atoms with Crippen LogP contribution in [0, 0.1) is 0 Å². The van der Waals surface area contributed by atoms with E-state index in [1.807, 2.05) is 60.3 Å². The number of aryl methyl sites for hydroxylation is 1. The molecule has 0 fully saturated rings. The van der Waals surface area contributed by atoms with Gasteiger partial charge in [0.15, 0.2) is 0 Å². The van der Waals surface area contributed by atoms with Crippen molar-refractivity contribution in [2.75, 3.05) is 7.11 Å². The van der Waals surface area contributed by atoms with Gasteiger partial charge in [-0.3, -0.25) is 4.79 Å². The van der Waals surface area contributed by atoms with Gasteiger partial charge in [-0.15, -0.1) is 0 Å². The molecule has 24 heavy (non-hydrogen) atoms. The number of imidazole rings is 1. The Morgan fingerprint density at radius 1 is 1.12 bits per heavy atom. The molecule has 1 aromatic heterocycles. The standard InChI is InChI=1S/C19H19N3O2/c1-22-13-12-20-18(22)17(14-8-10-16(24-2)11-9-14)21-19(23)15-6-4-3-5-7-15/h3-13,17H,1-2H3,(H,21,23)/t17-/m0/s1. The third-order valence-corrected chi connectivity index (χ3v) is 3.88. The number of aromatic nitrogens is 2. The summed E-state index contributed by atoms with van der Waals surface area (Å²) in [6, 6.07) is 16.4. The Kier molecular flexibility index (Phi) is 4.61. The fourth-order valence-corrected chi connectivity index (χ4v) is 2.55. The third kappa shape index (κ3) is 3.30. The Morgan fingerprint density at radius 3 is 2.42 bits per heavy atom. The Balaban J connectivity index is 1.93. The number of carbonyl (C=O) groups is 1. The Hall–Kier alpha value is -3.08. The highest BCUT2D eigenvalue weighted by Crippen LogP contribution is 2.23. The Labute approximate surface area is 140 Å². The molecule has 3 aromatic rings. The predicted octanol–water partition coefficient (Wildman–Crippen LogP) is 2.95. The summed E-state index contributed by atoms with van der Waals surface area (Å²) in [5.74, 6) is 1.40. The SMILES string of the molecule is COc1ccc([C@H](NC(=O)c2ccccc2)c2nccn2C)cc1. The average Bonchev–Trinajstić information content (AvgIpc) is 3.06. The molecule has 1 heterocycles. The second-order valence-corrected chi connectivity index (χ2v) is 5.44. The number of nitrogens with one attached hydrogen (secondary N) is 1. The highest BCUT2D eigenvalue weighted by Gasteiger charge is 2.21. The van der Waals surface area contributed by atoms with Crippen molar-refractivity contribution >= 4 is 5.91 Å². The molecule has 0 saturated heterocycles. The first-order valence-corrected chi connectivity index (χ1v) is 7.66. The van der Waals surface area contributed by atoms with Crippen LogP contribution in [0.1, 0.15) is 27.8 Å². The molecule has 122 valence electrons. The average molecular weight is 321 g/mol. The molecule has 0 radical (unpaired) electrons. The minimum absolute atomic E-state index is 0.139. The van der Waals surface area contributed by atoms with Crippen LogP contribution in [0.25, 0.3) is 0 Å². The second-order valence-electron chi connectivity index (χ2n) is 5.44. The molecule has 0 spiro atoms. The zero-order chi connectivity index (χ0) is 16.9. The fourth-order valence-electron chi connectivity index (χ4n) is 2.55. The van der Waals surface area contributed by atoms with Crippen molar-refractivity contribution in [2.24, 2.45) is 7.05 Å². The summed E-state index contributed by atoms with van der Waals surface area (Å²) >= 11 is 0. The molecular formula is C19H19N3O2. The highest BCUT2D eigenvalue weighted by atomic mass is 16.5. The van der Waals surface area contributed by atoms with E-state index in [4.69, 9.17) is 4.74 Å². The molecule has 0 aliphatic rings. The number of benzene rings is 2. The molecule has 2 aromatic carbocycles. The molecule has 0 saturated carbocycles. The lowest BCUT2D eigenvalue weighted by molar-refractivity contribution is 0.0941. The third-order valence-electron chi connectivity index (χ3n) is 3.88. The lowest BCUT2D eigenvalue weighted by Crippen LogP contribution is -2.31. The van der Waals surface area contributed by atoms with Crippen molar-refractivity contribution in [2.45, 2.75) is 6.04 Å². The van der Waals surface area contributed by atoms with Gasteiger partial charge in [0, 0.05) is 25.0 Å². The van der Waals surface area contributed by atoms with Crippen molar-refractivity contribution in [3.8, 4) is 5.75 Å². The normalized spacial score (nSPS) is 11.8. The molecule has 3 rings (SSSR count). The van der Waals surface area contributed by atoms with Crippen LogP contribution in [-0.2, 0) is 7.05 Å². The number of hydrogen-bond donors (Lipinski definition) is 1. The summed E-state index contributed by atoms with van der Waals surface area (Å²) in [4.78, 5) is 17.0. The zero-order valence-electron chi connectivity index (χ0n) is 13.6. The molecule has 0 aliphatic carbocycles. The van der Waals surface area contributed by atoms with Crippen LogP contribution in [0.3, 0.4) is 0 Å². The number of amides is 1. The highest BCUT2D eigenvalue weighted by molar-refractivity contribution is 5.94. The van der Waals surface area contributed by atoms with Crippen LogP contribution in [0.15, 0.2) is 67.0 Å². The van der Waals surface area contributed by atoms with E-state index in [-0.39, 0.29) is 11.9 Å². The lowest BCUT2D eigenvalue weighted by Gasteiger charge is -2.19. The summed E-state index contributed by atoms with van der Waals surface area (Å²) in [6.45, 7) is 0. The molecular weight excluding hydrogens is 302 g/mol. The first-order chi connectivity index (χ1) is 11.7. The van der Waals surface area contributed by atoms with Crippen molar-refractivity contribution < 1.29 is 9.53 Å². The minimum Gasteiger partial charge on any atom is -0.497 e. The maximum Gasteiger partial charge on any atom is 0.252 e. The predicted molar refractivity (Wildman–Crippen MR) is 92.0 cm³/mol. The van der Waals surface area contributed by atoms with E-state index in [2.05, 4.69) is 10.3 Å². The first kappa shape index (κ1) is 15.8. The van der Waals surface area contributed by atoms with Crippen LogP contribution in [0.5, 0.6) is 5.75 Å². The smallest absolute Gasteiger partial charge is 0.252 e. The Bertz CT molecular complexity index is 810. The largest absolute Gasteiger partial charge is 0.497 e. The van der Waals surface area contributed by atoms with Crippen LogP contribution in [0.2, 0.25) is 0 Å². The van der Waals surface area contributed by atoms with Crippen molar-refractivity contribution in [3.05, 3.63) is 83.9 Å². The van der Waals surface area contributed by atoms with E-state index in [9.17, 15) is 4.79 Å². The number of rotatable bonds is 5. The van der Waals surface area contributed by atoms with Gasteiger partial charge in [0.1, 0.15) is 17.6 Å². The lowest BCUT2D eigenvalue weighted by atomic mass is 10.0.